The van der Waals surface area contributed by atoms with Gasteiger partial charge in [-0.1, -0.05) is 29.0 Å². The second-order valence-electron chi connectivity index (χ2n) is 4.38. The Balaban J connectivity index is 2.30. The third-order valence-electron chi connectivity index (χ3n) is 2.88. The Morgan fingerprint density at radius 2 is 2.30 bits per heavy atom. The molecule has 0 N–H and O–H groups in total. The van der Waals surface area contributed by atoms with Gasteiger partial charge < -0.3 is 9.47 Å². The Bertz CT molecular complexity index is 708. The summed E-state index contributed by atoms with van der Waals surface area (Å²) in [7, 11) is 3.91. The third kappa shape index (κ3) is 3.00. The Morgan fingerprint density at radius 1 is 1.55 bits per heavy atom. The number of rotatable bonds is 3. The molecule has 0 fully saturated rings. The van der Waals surface area contributed by atoms with Gasteiger partial charge in [0.15, 0.2) is 0 Å². The third-order valence-corrected chi connectivity index (χ3v) is 4.14. The fraction of sp³-hybridized carbons (Fsp3) is 0.308. The van der Waals surface area contributed by atoms with E-state index in [0.717, 1.165) is 16.3 Å². The molecular weight excluding hydrogens is 294 g/mol. The predicted octanol–water partition coefficient (Wildman–Crippen LogP) is 2.46. The second-order valence-corrected chi connectivity index (χ2v) is 5.95. The van der Waals surface area contributed by atoms with Gasteiger partial charge in [-0.2, -0.15) is 5.26 Å². The summed E-state index contributed by atoms with van der Waals surface area (Å²) < 4.78 is 1.92. The summed E-state index contributed by atoms with van der Waals surface area (Å²) in [6, 6.07) is 3.73. The molecule has 7 heteroatoms. The average Bonchev–Trinajstić information content (AvgIpc) is 2.68. The average molecular weight is 308 g/mol. The van der Waals surface area contributed by atoms with E-state index in [1.165, 1.54) is 11.3 Å². The minimum Gasteiger partial charge on any atom is -0.356 e. The van der Waals surface area contributed by atoms with Crippen molar-refractivity contribution in [1.29, 1.82) is 5.26 Å². The lowest BCUT2D eigenvalue weighted by atomic mass is 10.2. The van der Waals surface area contributed by atoms with E-state index >= 15 is 0 Å². The van der Waals surface area contributed by atoms with E-state index in [1.54, 1.807) is 12.3 Å². The molecule has 104 valence electrons. The SMILES string of the molecule is Cc1sc(=NC#N)n(C)c1N(C)Cc1ccc(Cl)nc1. The topological polar surface area (TPSA) is 57.2 Å². The summed E-state index contributed by atoms with van der Waals surface area (Å²) >= 11 is 7.29. The van der Waals surface area contributed by atoms with Crippen molar-refractivity contribution >= 4 is 28.8 Å². The molecule has 0 aliphatic carbocycles. The van der Waals surface area contributed by atoms with Crippen molar-refractivity contribution < 1.29 is 0 Å². The Labute approximate surface area is 126 Å². The molecule has 5 nitrogen and oxygen atoms in total. The molecule has 0 amide bonds. The van der Waals surface area contributed by atoms with E-state index < -0.39 is 0 Å². The number of aromatic nitrogens is 2. The number of thiazole rings is 1. The van der Waals surface area contributed by atoms with Crippen LogP contribution in [-0.2, 0) is 13.6 Å². The summed E-state index contributed by atoms with van der Waals surface area (Å²) in [6.45, 7) is 2.73. The molecule has 0 aliphatic heterocycles. The number of anilines is 1. The summed E-state index contributed by atoms with van der Waals surface area (Å²) in [5.74, 6) is 1.04. The van der Waals surface area contributed by atoms with E-state index in [2.05, 4.69) is 14.9 Å². The van der Waals surface area contributed by atoms with Gasteiger partial charge in [-0.05, 0) is 18.6 Å². The van der Waals surface area contributed by atoms with Crippen LogP contribution in [0.3, 0.4) is 0 Å². The van der Waals surface area contributed by atoms with Crippen molar-refractivity contribution in [2.45, 2.75) is 13.5 Å². The van der Waals surface area contributed by atoms with Gasteiger partial charge in [-0.15, -0.1) is 4.99 Å². The summed E-state index contributed by atoms with van der Waals surface area (Å²) in [5, 5.41) is 9.18. The normalized spacial score (nSPS) is 11.4. The molecule has 0 atom stereocenters. The molecule has 20 heavy (non-hydrogen) atoms. The zero-order valence-electron chi connectivity index (χ0n) is 11.5. The van der Waals surface area contributed by atoms with Crippen LogP contribution >= 0.6 is 22.9 Å². The van der Waals surface area contributed by atoms with Gasteiger partial charge in [0.1, 0.15) is 11.0 Å². The van der Waals surface area contributed by atoms with E-state index in [4.69, 9.17) is 16.9 Å². The van der Waals surface area contributed by atoms with Crippen molar-refractivity contribution in [3.05, 3.63) is 38.7 Å². The second kappa shape index (κ2) is 6.07. The molecule has 0 radical (unpaired) electrons. The Hall–Kier alpha value is -1.84. The fourth-order valence-corrected chi connectivity index (χ4v) is 3.17. The van der Waals surface area contributed by atoms with E-state index in [1.807, 2.05) is 37.8 Å². The van der Waals surface area contributed by atoms with Gasteiger partial charge >= 0.3 is 0 Å². The van der Waals surface area contributed by atoms with E-state index in [0.29, 0.717) is 16.5 Å². The molecule has 2 aromatic rings. The highest BCUT2D eigenvalue weighted by atomic mass is 35.5. The maximum atomic E-state index is 8.69. The van der Waals surface area contributed by atoms with Crippen molar-refractivity contribution in [2.24, 2.45) is 12.0 Å². The number of aryl methyl sites for hydroxylation is 1. The number of hydrogen-bond donors (Lipinski definition) is 0. The molecule has 2 heterocycles. The molecule has 2 aromatic heterocycles. The van der Waals surface area contributed by atoms with Gasteiger partial charge in [-0.3, -0.25) is 0 Å². The standard InChI is InChI=1S/C13H14ClN5S/c1-9-12(19(3)13(20-9)17-8-15)18(2)7-10-4-5-11(14)16-6-10/h4-6H,7H2,1-3H3. The predicted molar refractivity (Wildman–Crippen MR) is 80.6 cm³/mol. The Morgan fingerprint density at radius 3 is 2.90 bits per heavy atom. The first-order chi connectivity index (χ1) is 9.52. The first kappa shape index (κ1) is 14.6. The van der Waals surface area contributed by atoms with Crippen LogP contribution in [0.4, 0.5) is 5.82 Å². The molecule has 0 aromatic carbocycles. The van der Waals surface area contributed by atoms with Crippen molar-refractivity contribution in [3.63, 3.8) is 0 Å². The van der Waals surface area contributed by atoms with Crippen molar-refractivity contribution in [3.8, 4) is 6.19 Å². The maximum Gasteiger partial charge on any atom is 0.208 e. The van der Waals surface area contributed by atoms with Gasteiger partial charge in [0.25, 0.3) is 0 Å². The van der Waals surface area contributed by atoms with Crippen LogP contribution in [0, 0.1) is 18.4 Å². The molecule has 0 saturated heterocycles. The largest absolute Gasteiger partial charge is 0.356 e. The van der Waals surface area contributed by atoms with Gasteiger partial charge in [0, 0.05) is 31.7 Å². The number of nitriles is 1. The fourth-order valence-electron chi connectivity index (χ4n) is 2.09. The molecule has 0 aliphatic rings. The minimum absolute atomic E-state index is 0.490. The maximum absolute atomic E-state index is 8.69. The molecular formula is C13H14ClN5S. The minimum atomic E-state index is 0.490. The highest BCUT2D eigenvalue weighted by molar-refractivity contribution is 7.09. The van der Waals surface area contributed by atoms with Gasteiger partial charge in [0.05, 0.1) is 0 Å². The van der Waals surface area contributed by atoms with E-state index in [9.17, 15) is 0 Å². The van der Waals surface area contributed by atoms with Crippen LogP contribution in [0.1, 0.15) is 10.4 Å². The number of nitrogens with zero attached hydrogens (tertiary/aromatic N) is 5. The quantitative estimate of drug-likeness (QED) is 0.646. The molecule has 2 rings (SSSR count). The first-order valence-corrected chi connectivity index (χ1v) is 7.13. The van der Waals surface area contributed by atoms with Crippen LogP contribution in [0.25, 0.3) is 0 Å². The molecule has 0 saturated carbocycles. The lowest BCUT2D eigenvalue weighted by Crippen LogP contribution is -2.23. The summed E-state index contributed by atoms with van der Waals surface area (Å²) in [4.78, 5) is 11.8. The number of hydrogen-bond acceptors (Lipinski definition) is 5. The molecule has 0 unspecified atom stereocenters. The zero-order chi connectivity index (χ0) is 14.7. The highest BCUT2D eigenvalue weighted by Crippen LogP contribution is 2.22. The van der Waals surface area contributed by atoms with Gasteiger partial charge in [-0.25, -0.2) is 4.98 Å². The van der Waals surface area contributed by atoms with Crippen LogP contribution in [0.5, 0.6) is 0 Å². The lowest BCUT2D eigenvalue weighted by molar-refractivity contribution is 0.794. The molecule has 0 bridgehead atoms. The van der Waals surface area contributed by atoms with Crippen LogP contribution in [-0.4, -0.2) is 16.6 Å². The summed E-state index contributed by atoms with van der Waals surface area (Å²) in [5.41, 5.74) is 1.07. The first-order valence-electron chi connectivity index (χ1n) is 5.93. The highest BCUT2D eigenvalue weighted by Gasteiger charge is 2.12. The van der Waals surface area contributed by atoms with Crippen LogP contribution < -0.4 is 9.70 Å². The molecule has 0 spiro atoms. The van der Waals surface area contributed by atoms with Gasteiger partial charge in [0.2, 0.25) is 11.0 Å². The number of halogens is 1. The van der Waals surface area contributed by atoms with Crippen molar-refractivity contribution in [2.75, 3.05) is 11.9 Å². The van der Waals surface area contributed by atoms with Crippen LogP contribution in [0.2, 0.25) is 5.15 Å². The van der Waals surface area contributed by atoms with Crippen LogP contribution in [0.15, 0.2) is 23.3 Å². The smallest absolute Gasteiger partial charge is 0.208 e. The zero-order valence-corrected chi connectivity index (χ0v) is 13.0. The summed E-state index contributed by atoms with van der Waals surface area (Å²) in [6.07, 6.45) is 3.60. The Kier molecular flexibility index (Phi) is 4.42. The monoisotopic (exact) mass is 307 g/mol. The number of pyridine rings is 1. The van der Waals surface area contributed by atoms with E-state index in [-0.39, 0.29) is 0 Å². The van der Waals surface area contributed by atoms with Crippen molar-refractivity contribution in [1.82, 2.24) is 9.55 Å². The lowest BCUT2D eigenvalue weighted by Gasteiger charge is -2.20.